The molecular formula is C15H20N2O4. The lowest BCUT2D eigenvalue weighted by molar-refractivity contribution is -0.139. The van der Waals surface area contributed by atoms with E-state index in [1.54, 1.807) is 30.3 Å². The summed E-state index contributed by atoms with van der Waals surface area (Å²) in [4.78, 5) is 23.3. The average molecular weight is 292 g/mol. The van der Waals surface area contributed by atoms with Crippen LogP contribution in [-0.2, 0) is 9.53 Å². The van der Waals surface area contributed by atoms with Crippen LogP contribution < -0.4 is 10.6 Å². The maximum atomic E-state index is 12.0. The van der Waals surface area contributed by atoms with E-state index in [1.807, 2.05) is 6.92 Å². The zero-order valence-corrected chi connectivity index (χ0v) is 11.9. The molecule has 2 unspecified atom stereocenters. The van der Waals surface area contributed by atoms with E-state index in [2.05, 4.69) is 10.6 Å². The largest absolute Gasteiger partial charge is 0.479 e. The Balaban J connectivity index is 1.94. The summed E-state index contributed by atoms with van der Waals surface area (Å²) in [7, 11) is 0. The molecule has 114 valence electrons. The molecule has 1 fully saturated rings. The fourth-order valence-electron chi connectivity index (χ4n) is 2.38. The Kier molecular flexibility index (Phi) is 5.16. The van der Waals surface area contributed by atoms with Crippen molar-refractivity contribution >= 4 is 12.0 Å². The van der Waals surface area contributed by atoms with Crippen molar-refractivity contribution in [3.8, 4) is 0 Å². The monoisotopic (exact) mass is 292 g/mol. The van der Waals surface area contributed by atoms with Crippen LogP contribution in [0.4, 0.5) is 4.79 Å². The number of ether oxygens (including phenoxy) is 1. The van der Waals surface area contributed by atoms with Crippen LogP contribution in [0.25, 0.3) is 0 Å². The molecule has 0 saturated carbocycles. The summed E-state index contributed by atoms with van der Waals surface area (Å²) in [6.07, 6.45) is 0.905. The molecule has 2 amide bonds. The minimum Gasteiger partial charge on any atom is -0.479 e. The van der Waals surface area contributed by atoms with Crippen molar-refractivity contribution < 1.29 is 19.4 Å². The van der Waals surface area contributed by atoms with Gasteiger partial charge in [0.05, 0.1) is 6.61 Å². The minimum atomic E-state index is -1.09. The second kappa shape index (κ2) is 7.08. The molecule has 0 spiro atoms. The highest BCUT2D eigenvalue weighted by molar-refractivity contribution is 5.83. The first-order valence-corrected chi connectivity index (χ1v) is 7.00. The maximum absolute atomic E-state index is 12.0. The number of amides is 2. The van der Waals surface area contributed by atoms with E-state index < -0.39 is 18.0 Å². The van der Waals surface area contributed by atoms with Crippen molar-refractivity contribution in [3.63, 3.8) is 0 Å². The fraction of sp³-hybridized carbons (Fsp3) is 0.467. The van der Waals surface area contributed by atoms with Crippen LogP contribution >= 0.6 is 0 Å². The molecule has 3 atom stereocenters. The number of nitrogens with one attached hydrogen (secondary N) is 2. The number of carbonyl (C=O) groups is 2. The van der Waals surface area contributed by atoms with Crippen LogP contribution in [0.5, 0.6) is 0 Å². The summed E-state index contributed by atoms with van der Waals surface area (Å²) in [5, 5.41) is 14.5. The van der Waals surface area contributed by atoms with E-state index in [1.165, 1.54) is 0 Å². The van der Waals surface area contributed by atoms with E-state index in [4.69, 9.17) is 4.74 Å². The molecular weight excluding hydrogens is 272 g/mol. The van der Waals surface area contributed by atoms with E-state index in [9.17, 15) is 14.7 Å². The van der Waals surface area contributed by atoms with Gasteiger partial charge in [-0.15, -0.1) is 0 Å². The summed E-state index contributed by atoms with van der Waals surface area (Å²) in [6.45, 7) is 3.24. The molecule has 3 N–H and O–H groups in total. The number of rotatable bonds is 5. The van der Waals surface area contributed by atoms with Crippen molar-refractivity contribution in [2.75, 3.05) is 13.2 Å². The molecule has 2 rings (SSSR count). The first-order valence-electron chi connectivity index (χ1n) is 7.00. The smallest absolute Gasteiger partial charge is 0.330 e. The molecule has 1 aliphatic heterocycles. The van der Waals surface area contributed by atoms with Gasteiger partial charge in [-0.2, -0.15) is 0 Å². The molecule has 0 bridgehead atoms. The van der Waals surface area contributed by atoms with Crippen molar-refractivity contribution in [1.82, 2.24) is 10.6 Å². The average Bonchev–Trinajstić information content (AvgIpc) is 2.99. The summed E-state index contributed by atoms with van der Waals surface area (Å²) >= 11 is 0. The van der Waals surface area contributed by atoms with E-state index in [0.717, 1.165) is 6.42 Å². The second-order valence-electron chi connectivity index (χ2n) is 5.21. The molecule has 6 heteroatoms. The Morgan fingerprint density at radius 2 is 2.00 bits per heavy atom. The second-order valence-corrected chi connectivity index (χ2v) is 5.21. The number of hydrogen-bond donors (Lipinski definition) is 3. The molecule has 1 heterocycles. The van der Waals surface area contributed by atoms with Crippen LogP contribution in [0.15, 0.2) is 30.3 Å². The van der Waals surface area contributed by atoms with Gasteiger partial charge in [0.2, 0.25) is 0 Å². The van der Waals surface area contributed by atoms with E-state index in [0.29, 0.717) is 18.8 Å². The molecule has 0 radical (unpaired) electrons. The molecule has 1 aromatic rings. The van der Waals surface area contributed by atoms with Gasteiger partial charge in [0.15, 0.2) is 6.04 Å². The maximum Gasteiger partial charge on any atom is 0.330 e. The summed E-state index contributed by atoms with van der Waals surface area (Å²) < 4.78 is 5.28. The Morgan fingerprint density at radius 1 is 1.29 bits per heavy atom. The Morgan fingerprint density at radius 3 is 2.57 bits per heavy atom. The third-order valence-corrected chi connectivity index (χ3v) is 3.69. The van der Waals surface area contributed by atoms with E-state index >= 15 is 0 Å². The van der Waals surface area contributed by atoms with Gasteiger partial charge in [0.25, 0.3) is 0 Å². The van der Waals surface area contributed by atoms with Gasteiger partial charge in [-0.25, -0.2) is 9.59 Å². The number of hydrogen-bond acceptors (Lipinski definition) is 3. The highest BCUT2D eigenvalue weighted by Crippen LogP contribution is 2.17. The van der Waals surface area contributed by atoms with Crippen molar-refractivity contribution in [2.24, 2.45) is 5.92 Å². The first kappa shape index (κ1) is 15.3. The Labute approximate surface area is 123 Å². The summed E-state index contributed by atoms with van der Waals surface area (Å²) in [5.74, 6) is -0.816. The Bertz CT molecular complexity index is 486. The van der Waals surface area contributed by atoms with Crippen LogP contribution in [0.1, 0.15) is 24.9 Å². The molecule has 1 saturated heterocycles. The molecule has 0 aliphatic carbocycles. The minimum absolute atomic E-state index is 0.0577. The number of carboxylic acids is 1. The number of carbonyl (C=O) groups excluding carboxylic acids is 1. The summed E-state index contributed by atoms with van der Waals surface area (Å²) in [6, 6.07) is 7.03. The summed E-state index contributed by atoms with van der Waals surface area (Å²) in [5.41, 5.74) is 0.539. The first-order chi connectivity index (χ1) is 10.1. The fourth-order valence-corrected chi connectivity index (χ4v) is 2.38. The molecule has 0 aromatic heterocycles. The quantitative estimate of drug-likeness (QED) is 0.768. The van der Waals surface area contributed by atoms with Crippen LogP contribution in [-0.4, -0.2) is 36.4 Å². The van der Waals surface area contributed by atoms with Gasteiger partial charge in [-0.3, -0.25) is 0 Å². The lowest BCUT2D eigenvalue weighted by Crippen LogP contribution is -2.46. The number of aliphatic carboxylic acids is 1. The van der Waals surface area contributed by atoms with E-state index in [-0.39, 0.29) is 12.0 Å². The predicted molar refractivity (Wildman–Crippen MR) is 76.9 cm³/mol. The van der Waals surface area contributed by atoms with Crippen molar-refractivity contribution in [1.29, 1.82) is 0 Å². The number of urea groups is 1. The van der Waals surface area contributed by atoms with Crippen LogP contribution in [0, 0.1) is 5.92 Å². The molecule has 1 aromatic carbocycles. The van der Waals surface area contributed by atoms with Gasteiger partial charge in [0.1, 0.15) is 0 Å². The Hall–Kier alpha value is -2.08. The predicted octanol–water partition coefficient (Wildman–Crippen LogP) is 1.54. The molecule has 6 nitrogen and oxygen atoms in total. The SMILES string of the molecule is CC(NC(=O)N[C@H](C(=O)O)c1ccccc1)C1CCOC1. The van der Waals surface area contributed by atoms with Gasteiger partial charge in [0, 0.05) is 18.6 Å². The van der Waals surface area contributed by atoms with Crippen molar-refractivity contribution in [3.05, 3.63) is 35.9 Å². The zero-order valence-electron chi connectivity index (χ0n) is 11.9. The zero-order chi connectivity index (χ0) is 15.2. The molecule has 1 aliphatic rings. The van der Waals surface area contributed by atoms with Crippen molar-refractivity contribution in [2.45, 2.75) is 25.4 Å². The highest BCUT2D eigenvalue weighted by Gasteiger charge is 2.26. The van der Waals surface area contributed by atoms with Gasteiger partial charge < -0.3 is 20.5 Å². The highest BCUT2D eigenvalue weighted by atomic mass is 16.5. The lowest BCUT2D eigenvalue weighted by Gasteiger charge is -2.21. The lowest BCUT2D eigenvalue weighted by atomic mass is 10.0. The topological polar surface area (TPSA) is 87.7 Å². The molecule has 21 heavy (non-hydrogen) atoms. The normalized spacial score (nSPS) is 20.5. The van der Waals surface area contributed by atoms with Gasteiger partial charge in [-0.1, -0.05) is 30.3 Å². The standard InChI is InChI=1S/C15H20N2O4/c1-10(12-7-8-21-9-12)16-15(20)17-13(14(18)19)11-5-3-2-4-6-11/h2-6,10,12-13H,7-9H2,1H3,(H,18,19)(H2,16,17,20)/t10?,12?,13-/m0/s1. The number of benzene rings is 1. The van der Waals surface area contributed by atoms with Gasteiger partial charge in [-0.05, 0) is 18.9 Å². The van der Waals surface area contributed by atoms with Gasteiger partial charge >= 0.3 is 12.0 Å². The third-order valence-electron chi connectivity index (χ3n) is 3.69. The van der Waals surface area contributed by atoms with Crippen LogP contribution in [0.3, 0.4) is 0 Å². The third kappa shape index (κ3) is 4.19. The van der Waals surface area contributed by atoms with Crippen LogP contribution in [0.2, 0.25) is 0 Å². The number of carboxylic acid groups (broad SMARTS) is 1.